The van der Waals surface area contributed by atoms with Crippen molar-refractivity contribution < 1.29 is 39.8 Å². The van der Waals surface area contributed by atoms with Gasteiger partial charge in [-0.1, -0.05) is 12.1 Å². The fourth-order valence-electron chi connectivity index (χ4n) is 2.51. The molecule has 9 heteroatoms. The van der Waals surface area contributed by atoms with Crippen molar-refractivity contribution in [2.45, 2.75) is 26.4 Å². The van der Waals surface area contributed by atoms with E-state index >= 15 is 0 Å². The predicted octanol–water partition coefficient (Wildman–Crippen LogP) is -2.15. The first-order valence-corrected chi connectivity index (χ1v) is 7.86. The minimum atomic E-state index is -1.10. The van der Waals surface area contributed by atoms with E-state index in [1.807, 2.05) is 25.1 Å². The summed E-state index contributed by atoms with van der Waals surface area (Å²) in [6, 6.07) is 5.24. The van der Waals surface area contributed by atoms with Gasteiger partial charge in [-0.2, -0.15) is 0 Å². The summed E-state index contributed by atoms with van der Waals surface area (Å²) in [5, 5.41) is 16.6. The third-order valence-electron chi connectivity index (χ3n) is 3.77. The number of anilines is 1. The van der Waals surface area contributed by atoms with Crippen molar-refractivity contribution in [3.63, 3.8) is 0 Å². The number of nitrogens with zero attached hydrogens (tertiary/aromatic N) is 1. The standard InChI is InChI=1S/C16H22N4O4.Li.H/c1-2-20-10-12-7-11(8-18-16(24)19-9-15(22)23)3-4-13(12)17-6-5-14(20)21;;/h3-4,7,17H,2,5-6,8-10H2,1H3,(H,22,23)(H2,18,19,24);;/q;+1;-1. The van der Waals surface area contributed by atoms with Crippen molar-refractivity contribution in [1.82, 2.24) is 15.5 Å². The van der Waals surface area contributed by atoms with Crippen molar-refractivity contribution in [3.05, 3.63) is 29.3 Å². The Bertz CT molecular complexity index is 645. The summed E-state index contributed by atoms with van der Waals surface area (Å²) in [7, 11) is 0. The normalized spacial score (nSPS) is 13.5. The third kappa shape index (κ3) is 6.33. The molecule has 1 aliphatic heterocycles. The molecule has 0 fully saturated rings. The number of rotatable bonds is 5. The van der Waals surface area contributed by atoms with E-state index in [0.717, 1.165) is 16.8 Å². The second-order valence-corrected chi connectivity index (χ2v) is 5.51. The summed E-state index contributed by atoms with van der Waals surface area (Å²) in [5.74, 6) is -0.978. The van der Waals surface area contributed by atoms with E-state index in [0.29, 0.717) is 26.1 Å². The summed E-state index contributed by atoms with van der Waals surface area (Å²) in [6.07, 6.45) is 0.473. The molecule has 132 valence electrons. The van der Waals surface area contributed by atoms with Gasteiger partial charge in [0.1, 0.15) is 6.54 Å². The molecule has 0 bridgehead atoms. The average Bonchev–Trinajstić information content (AvgIpc) is 2.55. The molecule has 0 spiro atoms. The Kier molecular flexibility index (Phi) is 8.32. The number of aliphatic carboxylic acids is 1. The largest absolute Gasteiger partial charge is 1.00 e. The van der Waals surface area contributed by atoms with Crippen LogP contribution in [-0.2, 0) is 22.7 Å². The van der Waals surface area contributed by atoms with Crippen LogP contribution in [0.25, 0.3) is 0 Å². The zero-order valence-electron chi connectivity index (χ0n) is 15.6. The molecule has 25 heavy (non-hydrogen) atoms. The Hall–Kier alpha value is -2.17. The first-order valence-electron chi connectivity index (χ1n) is 7.86. The zero-order valence-corrected chi connectivity index (χ0v) is 14.6. The van der Waals surface area contributed by atoms with Crippen molar-refractivity contribution >= 4 is 23.6 Å². The van der Waals surface area contributed by atoms with Gasteiger partial charge in [-0.3, -0.25) is 9.59 Å². The van der Waals surface area contributed by atoms with Gasteiger partial charge >= 0.3 is 30.9 Å². The first-order chi connectivity index (χ1) is 11.5. The second kappa shape index (κ2) is 9.96. The number of benzene rings is 1. The van der Waals surface area contributed by atoms with E-state index in [1.54, 1.807) is 4.90 Å². The first kappa shape index (κ1) is 20.9. The molecule has 0 unspecified atom stereocenters. The number of carbonyl (C=O) groups is 3. The molecule has 3 amide bonds. The fraction of sp³-hybridized carbons (Fsp3) is 0.438. The molecule has 8 nitrogen and oxygen atoms in total. The van der Waals surface area contributed by atoms with Crippen LogP contribution in [-0.4, -0.2) is 47.5 Å². The summed E-state index contributed by atoms with van der Waals surface area (Å²) in [6.45, 7) is 3.57. The van der Waals surface area contributed by atoms with Gasteiger partial charge in [0.25, 0.3) is 0 Å². The van der Waals surface area contributed by atoms with Crippen molar-refractivity contribution in [2.75, 3.05) is 25.0 Å². The zero-order chi connectivity index (χ0) is 17.5. The monoisotopic (exact) mass is 342 g/mol. The molecule has 4 N–H and O–H groups in total. The Labute approximate surface area is 160 Å². The molecule has 0 aliphatic carbocycles. The topological polar surface area (TPSA) is 111 Å². The average molecular weight is 342 g/mol. The molecule has 0 radical (unpaired) electrons. The quantitative estimate of drug-likeness (QED) is 0.456. The Balaban J connectivity index is 0.00000312. The van der Waals surface area contributed by atoms with Crippen LogP contribution in [0.4, 0.5) is 10.5 Å². The summed E-state index contributed by atoms with van der Waals surface area (Å²) < 4.78 is 0. The van der Waals surface area contributed by atoms with E-state index in [2.05, 4.69) is 16.0 Å². The van der Waals surface area contributed by atoms with Crippen LogP contribution in [0.2, 0.25) is 0 Å². The maximum absolute atomic E-state index is 12.0. The Morgan fingerprint density at radius 1 is 1.36 bits per heavy atom. The Morgan fingerprint density at radius 3 is 2.80 bits per heavy atom. The van der Waals surface area contributed by atoms with Crippen LogP contribution >= 0.6 is 0 Å². The minimum Gasteiger partial charge on any atom is -1.00 e. The summed E-state index contributed by atoms with van der Waals surface area (Å²) in [5.41, 5.74) is 2.86. The number of hydrogen-bond donors (Lipinski definition) is 4. The summed E-state index contributed by atoms with van der Waals surface area (Å²) >= 11 is 0. The van der Waals surface area contributed by atoms with Crippen LogP contribution in [0.5, 0.6) is 0 Å². The smallest absolute Gasteiger partial charge is 1.00 e. The van der Waals surface area contributed by atoms with E-state index in [1.165, 1.54) is 0 Å². The molecule has 1 aromatic carbocycles. The molecule has 1 aliphatic rings. The molecule has 0 aromatic heterocycles. The van der Waals surface area contributed by atoms with Gasteiger partial charge in [0.05, 0.1) is 0 Å². The van der Waals surface area contributed by atoms with E-state index in [-0.39, 0.29) is 32.7 Å². The molecule has 2 rings (SSSR count). The SMILES string of the molecule is CCN1Cc2cc(CNC(=O)NCC(=O)O)ccc2NCCC1=O.[H-].[Li+]. The predicted molar refractivity (Wildman–Crippen MR) is 89.6 cm³/mol. The van der Waals surface area contributed by atoms with E-state index in [9.17, 15) is 14.4 Å². The van der Waals surface area contributed by atoms with Gasteiger partial charge in [0, 0.05) is 38.3 Å². The number of carbonyl (C=O) groups excluding carboxylic acids is 2. The maximum atomic E-state index is 12.0. The van der Waals surface area contributed by atoms with Crippen molar-refractivity contribution in [3.8, 4) is 0 Å². The van der Waals surface area contributed by atoms with Gasteiger partial charge in [-0.25, -0.2) is 4.79 Å². The number of nitrogens with one attached hydrogen (secondary N) is 3. The van der Waals surface area contributed by atoms with Gasteiger partial charge in [0.15, 0.2) is 0 Å². The number of fused-ring (bicyclic) bond motifs is 1. The van der Waals surface area contributed by atoms with Gasteiger partial charge in [-0.05, 0) is 24.1 Å². The second-order valence-electron chi connectivity index (χ2n) is 5.51. The van der Waals surface area contributed by atoms with Crippen LogP contribution in [0, 0.1) is 0 Å². The molecular weight excluding hydrogens is 319 g/mol. The molecule has 1 aromatic rings. The molecule has 0 saturated heterocycles. The van der Waals surface area contributed by atoms with E-state index in [4.69, 9.17) is 5.11 Å². The molecular formula is C16H23LiN4O4. The maximum Gasteiger partial charge on any atom is 1.00 e. The fourth-order valence-corrected chi connectivity index (χ4v) is 2.51. The van der Waals surface area contributed by atoms with Crippen LogP contribution in [0.3, 0.4) is 0 Å². The van der Waals surface area contributed by atoms with Crippen molar-refractivity contribution in [1.29, 1.82) is 0 Å². The number of carboxylic acids is 1. The summed E-state index contributed by atoms with van der Waals surface area (Å²) in [4.78, 5) is 35.7. The van der Waals surface area contributed by atoms with E-state index < -0.39 is 18.5 Å². The van der Waals surface area contributed by atoms with Gasteiger partial charge in [-0.15, -0.1) is 0 Å². The number of hydrogen-bond acceptors (Lipinski definition) is 4. The molecule has 1 heterocycles. The number of carboxylic acid groups (broad SMARTS) is 1. The Morgan fingerprint density at radius 2 is 2.12 bits per heavy atom. The van der Waals surface area contributed by atoms with Crippen LogP contribution in [0.15, 0.2) is 18.2 Å². The molecule has 0 saturated carbocycles. The van der Waals surface area contributed by atoms with Crippen molar-refractivity contribution in [2.24, 2.45) is 0 Å². The van der Waals surface area contributed by atoms with Gasteiger partial charge in [0.2, 0.25) is 5.91 Å². The minimum absolute atomic E-state index is 0. The van der Waals surface area contributed by atoms with Crippen LogP contribution < -0.4 is 34.8 Å². The number of urea groups is 1. The number of amides is 3. The van der Waals surface area contributed by atoms with Crippen LogP contribution in [0.1, 0.15) is 25.9 Å². The van der Waals surface area contributed by atoms with Gasteiger partial charge < -0.3 is 27.4 Å². The third-order valence-corrected chi connectivity index (χ3v) is 3.77. The molecule has 0 atom stereocenters.